The number of carbonyl (C=O) groups is 1. The molecule has 0 aliphatic carbocycles. The van der Waals surface area contributed by atoms with Crippen molar-refractivity contribution in [1.29, 1.82) is 0 Å². The molecule has 0 radical (unpaired) electrons. The van der Waals surface area contributed by atoms with Crippen molar-refractivity contribution in [1.82, 2.24) is 19.4 Å². The van der Waals surface area contributed by atoms with E-state index in [1.807, 2.05) is 74.9 Å². The van der Waals surface area contributed by atoms with Gasteiger partial charge >= 0.3 is 0 Å². The van der Waals surface area contributed by atoms with E-state index in [0.717, 1.165) is 61.3 Å². The molecule has 31 heavy (non-hydrogen) atoms. The maximum absolute atomic E-state index is 12.5. The summed E-state index contributed by atoms with van der Waals surface area (Å²) in [6.45, 7) is 6.91. The second kappa shape index (κ2) is 9.76. The number of hydrogen-bond acceptors (Lipinski definition) is 5. The van der Waals surface area contributed by atoms with Crippen LogP contribution in [0.2, 0.25) is 0 Å². The van der Waals surface area contributed by atoms with Gasteiger partial charge in [-0.15, -0.1) is 0 Å². The lowest BCUT2D eigenvalue weighted by molar-refractivity contribution is -0.117. The van der Waals surface area contributed by atoms with Crippen molar-refractivity contribution >= 4 is 11.6 Å². The van der Waals surface area contributed by atoms with Gasteiger partial charge in [0, 0.05) is 51.3 Å². The van der Waals surface area contributed by atoms with Crippen LogP contribution in [0.25, 0.3) is 0 Å². The molecule has 1 aliphatic heterocycles. The number of nitrogens with one attached hydrogen (secondary N) is 1. The summed E-state index contributed by atoms with van der Waals surface area (Å²) in [6.07, 6.45) is 3.80. The molecule has 1 amide bonds. The third-order valence-electron chi connectivity index (χ3n) is 5.48. The molecular formula is C24H29N5O2. The molecule has 1 fully saturated rings. The first kappa shape index (κ1) is 21.1. The van der Waals surface area contributed by atoms with Crippen LogP contribution in [0.15, 0.2) is 60.9 Å². The molecule has 1 saturated heterocycles. The molecular weight excluding hydrogens is 390 g/mol. The number of aryl methyl sites for hydroxylation is 2. The van der Waals surface area contributed by atoms with E-state index in [1.54, 1.807) is 0 Å². The van der Waals surface area contributed by atoms with Gasteiger partial charge in [-0.05, 0) is 48.9 Å². The Labute approximate surface area is 183 Å². The second-order valence-corrected chi connectivity index (χ2v) is 8.00. The first-order valence-electron chi connectivity index (χ1n) is 10.6. The Balaban J connectivity index is 1.21. The third-order valence-corrected chi connectivity index (χ3v) is 5.48. The van der Waals surface area contributed by atoms with Crippen LogP contribution >= 0.6 is 0 Å². The summed E-state index contributed by atoms with van der Waals surface area (Å²) < 4.78 is 7.92. The number of benzene rings is 2. The summed E-state index contributed by atoms with van der Waals surface area (Å²) in [4.78, 5) is 21.4. The first-order chi connectivity index (χ1) is 15.0. The maximum Gasteiger partial charge on any atom is 0.238 e. The molecule has 0 spiro atoms. The molecule has 3 aromatic rings. The fraction of sp³-hybridized carbons (Fsp3) is 0.333. The molecule has 2 aromatic carbocycles. The number of imidazole rings is 1. The zero-order valence-corrected chi connectivity index (χ0v) is 18.1. The Morgan fingerprint density at radius 3 is 2.45 bits per heavy atom. The van der Waals surface area contributed by atoms with Gasteiger partial charge in [-0.25, -0.2) is 4.98 Å². The largest absolute Gasteiger partial charge is 0.457 e. The lowest BCUT2D eigenvalue weighted by Crippen LogP contribution is -2.48. The third kappa shape index (κ3) is 5.93. The Bertz CT molecular complexity index is 1010. The predicted octanol–water partition coefficient (Wildman–Crippen LogP) is 3.28. The minimum Gasteiger partial charge on any atom is -0.457 e. The van der Waals surface area contributed by atoms with E-state index in [1.165, 1.54) is 0 Å². The van der Waals surface area contributed by atoms with Gasteiger partial charge in [0.2, 0.25) is 5.91 Å². The molecule has 4 rings (SSSR count). The van der Waals surface area contributed by atoms with Crippen LogP contribution in [-0.4, -0.2) is 58.0 Å². The highest BCUT2D eigenvalue weighted by Gasteiger charge is 2.20. The normalized spacial score (nSPS) is 15.0. The minimum atomic E-state index is 0.00454. The second-order valence-electron chi connectivity index (χ2n) is 8.00. The number of aromatic nitrogens is 2. The summed E-state index contributed by atoms with van der Waals surface area (Å²) in [6, 6.07) is 15.4. The van der Waals surface area contributed by atoms with Crippen LogP contribution in [0.3, 0.4) is 0 Å². The SMILES string of the molecule is Cc1cccc(Oc2ccc(NC(=O)CN3CCN(Cc4nccn4C)CC3)cc2)c1. The minimum absolute atomic E-state index is 0.00454. The number of amides is 1. The van der Waals surface area contributed by atoms with Gasteiger partial charge in [0.05, 0.1) is 13.1 Å². The van der Waals surface area contributed by atoms with Crippen molar-refractivity contribution in [2.24, 2.45) is 7.05 Å². The van der Waals surface area contributed by atoms with Crippen LogP contribution in [0.4, 0.5) is 5.69 Å². The topological polar surface area (TPSA) is 62.6 Å². The van der Waals surface area contributed by atoms with Gasteiger partial charge in [0.15, 0.2) is 0 Å². The molecule has 2 heterocycles. The molecule has 7 nitrogen and oxygen atoms in total. The summed E-state index contributed by atoms with van der Waals surface area (Å²) in [7, 11) is 2.02. The van der Waals surface area contributed by atoms with Gasteiger partial charge < -0.3 is 14.6 Å². The van der Waals surface area contributed by atoms with E-state index in [9.17, 15) is 4.79 Å². The van der Waals surface area contributed by atoms with Gasteiger partial charge in [-0.3, -0.25) is 14.6 Å². The van der Waals surface area contributed by atoms with Crippen LogP contribution in [0.1, 0.15) is 11.4 Å². The van der Waals surface area contributed by atoms with E-state index in [4.69, 9.17) is 4.74 Å². The van der Waals surface area contributed by atoms with Crippen molar-refractivity contribution in [3.63, 3.8) is 0 Å². The highest BCUT2D eigenvalue weighted by Crippen LogP contribution is 2.23. The molecule has 1 N–H and O–H groups in total. The van der Waals surface area contributed by atoms with Gasteiger partial charge in [0.1, 0.15) is 17.3 Å². The number of piperazine rings is 1. The van der Waals surface area contributed by atoms with Crippen molar-refractivity contribution in [2.75, 3.05) is 38.0 Å². The van der Waals surface area contributed by atoms with Crippen LogP contribution in [-0.2, 0) is 18.4 Å². The molecule has 1 aliphatic rings. The predicted molar refractivity (Wildman–Crippen MR) is 121 cm³/mol. The maximum atomic E-state index is 12.5. The number of anilines is 1. The average molecular weight is 420 g/mol. The summed E-state index contributed by atoms with van der Waals surface area (Å²) in [5.41, 5.74) is 1.92. The van der Waals surface area contributed by atoms with E-state index in [-0.39, 0.29) is 5.91 Å². The van der Waals surface area contributed by atoms with E-state index < -0.39 is 0 Å². The van der Waals surface area contributed by atoms with Crippen LogP contribution in [0.5, 0.6) is 11.5 Å². The Morgan fingerprint density at radius 1 is 1.03 bits per heavy atom. The molecule has 0 saturated carbocycles. The lowest BCUT2D eigenvalue weighted by atomic mass is 10.2. The monoisotopic (exact) mass is 419 g/mol. The van der Waals surface area contributed by atoms with Crippen molar-refractivity contribution in [3.05, 3.63) is 72.3 Å². The number of rotatable bonds is 7. The highest BCUT2D eigenvalue weighted by atomic mass is 16.5. The smallest absolute Gasteiger partial charge is 0.238 e. The average Bonchev–Trinajstić information content (AvgIpc) is 3.15. The van der Waals surface area contributed by atoms with Crippen molar-refractivity contribution in [3.8, 4) is 11.5 Å². The molecule has 162 valence electrons. The molecule has 0 unspecified atom stereocenters. The number of hydrogen-bond donors (Lipinski definition) is 1. The quantitative estimate of drug-likeness (QED) is 0.637. The molecule has 7 heteroatoms. The Hall–Kier alpha value is -3.16. The number of ether oxygens (including phenoxy) is 1. The highest BCUT2D eigenvalue weighted by molar-refractivity contribution is 5.92. The van der Waals surface area contributed by atoms with E-state index in [2.05, 4.69) is 24.7 Å². The van der Waals surface area contributed by atoms with Crippen molar-refractivity contribution < 1.29 is 9.53 Å². The summed E-state index contributed by atoms with van der Waals surface area (Å²) in [5.74, 6) is 2.62. The van der Waals surface area contributed by atoms with E-state index in [0.29, 0.717) is 6.54 Å². The standard InChI is InChI=1S/C24H29N5O2/c1-19-4-3-5-22(16-19)31-21-8-6-20(7-9-21)26-24(30)18-29-14-12-28(13-15-29)17-23-25-10-11-27(23)2/h3-11,16H,12-15,17-18H2,1-2H3,(H,26,30). The van der Waals surface area contributed by atoms with E-state index >= 15 is 0 Å². The zero-order valence-electron chi connectivity index (χ0n) is 18.1. The van der Waals surface area contributed by atoms with Gasteiger partial charge in [-0.1, -0.05) is 12.1 Å². The van der Waals surface area contributed by atoms with Gasteiger partial charge in [0.25, 0.3) is 0 Å². The van der Waals surface area contributed by atoms with Crippen molar-refractivity contribution in [2.45, 2.75) is 13.5 Å². The molecule has 1 aromatic heterocycles. The van der Waals surface area contributed by atoms with Crippen LogP contribution < -0.4 is 10.1 Å². The molecule has 0 bridgehead atoms. The van der Waals surface area contributed by atoms with Gasteiger partial charge in [-0.2, -0.15) is 0 Å². The first-order valence-corrected chi connectivity index (χ1v) is 10.6. The summed E-state index contributed by atoms with van der Waals surface area (Å²) in [5, 5.41) is 2.98. The summed E-state index contributed by atoms with van der Waals surface area (Å²) >= 11 is 0. The fourth-order valence-electron chi connectivity index (χ4n) is 3.68. The lowest BCUT2D eigenvalue weighted by Gasteiger charge is -2.34. The Kier molecular flexibility index (Phi) is 6.64. The number of carbonyl (C=O) groups excluding carboxylic acids is 1. The number of nitrogens with zero attached hydrogens (tertiary/aromatic N) is 4. The molecule has 0 atom stereocenters. The fourth-order valence-corrected chi connectivity index (χ4v) is 3.68. The van der Waals surface area contributed by atoms with Crippen LogP contribution in [0, 0.1) is 6.92 Å². The Morgan fingerprint density at radius 2 is 1.77 bits per heavy atom. The zero-order chi connectivity index (χ0) is 21.6.